The zero-order valence-electron chi connectivity index (χ0n) is 14.3. The summed E-state index contributed by atoms with van der Waals surface area (Å²) in [5.41, 5.74) is 0. The predicted molar refractivity (Wildman–Crippen MR) is 102 cm³/mol. The second-order valence-electron chi connectivity index (χ2n) is 6.01. The van der Waals surface area contributed by atoms with E-state index in [2.05, 4.69) is 15.1 Å². The average molecular weight is 405 g/mol. The van der Waals surface area contributed by atoms with Crippen molar-refractivity contribution in [1.29, 1.82) is 0 Å². The number of anilines is 1. The number of hydrogen-bond acceptors (Lipinski definition) is 6. The Morgan fingerprint density at radius 2 is 1.70 bits per heavy atom. The number of halogens is 1. The van der Waals surface area contributed by atoms with Gasteiger partial charge in [0.1, 0.15) is 17.0 Å². The summed E-state index contributed by atoms with van der Waals surface area (Å²) in [4.78, 5) is 10.7. The minimum atomic E-state index is -3.61. The molecule has 2 aromatic heterocycles. The van der Waals surface area contributed by atoms with Crippen LogP contribution in [0.2, 0.25) is 5.02 Å². The molecule has 10 heteroatoms. The van der Waals surface area contributed by atoms with Gasteiger partial charge in [-0.15, -0.1) is 0 Å². The van der Waals surface area contributed by atoms with Crippen LogP contribution >= 0.6 is 11.6 Å². The Labute approximate surface area is 162 Å². The highest BCUT2D eigenvalue weighted by molar-refractivity contribution is 7.89. The third-order valence-electron chi connectivity index (χ3n) is 4.39. The third-order valence-corrected chi connectivity index (χ3v) is 6.79. The molecule has 140 valence electrons. The zero-order chi connectivity index (χ0) is 18.9. The van der Waals surface area contributed by atoms with Crippen molar-refractivity contribution in [1.82, 2.24) is 24.1 Å². The van der Waals surface area contributed by atoms with Gasteiger partial charge in [0, 0.05) is 44.6 Å². The quantitative estimate of drug-likeness (QED) is 0.659. The molecule has 1 aliphatic rings. The summed E-state index contributed by atoms with van der Waals surface area (Å²) in [6, 6.07) is 10.2. The standard InChI is InChI=1S/C17H17ClN6O2S/c18-14-4-1-2-5-15(14)27(25,26)23-10-8-22(9-11-23)16-12-17(20-13-19-16)24-7-3-6-21-24/h1-7,12-13H,8-11H2. The molecule has 1 aromatic carbocycles. The second-order valence-corrected chi connectivity index (χ2v) is 8.32. The summed E-state index contributed by atoms with van der Waals surface area (Å²) in [7, 11) is -3.61. The molecule has 0 radical (unpaired) electrons. The van der Waals surface area contributed by atoms with E-state index in [0.29, 0.717) is 32.0 Å². The number of sulfonamides is 1. The van der Waals surface area contributed by atoms with Gasteiger partial charge in [-0.1, -0.05) is 23.7 Å². The van der Waals surface area contributed by atoms with Crippen LogP contribution < -0.4 is 4.90 Å². The lowest BCUT2D eigenvalue weighted by Gasteiger charge is -2.34. The van der Waals surface area contributed by atoms with Gasteiger partial charge >= 0.3 is 0 Å². The van der Waals surface area contributed by atoms with Gasteiger partial charge in [0.15, 0.2) is 5.82 Å². The molecular weight excluding hydrogens is 388 g/mol. The van der Waals surface area contributed by atoms with Gasteiger partial charge in [-0.05, 0) is 18.2 Å². The van der Waals surface area contributed by atoms with Crippen LogP contribution in [0.1, 0.15) is 0 Å². The van der Waals surface area contributed by atoms with Crippen molar-refractivity contribution in [2.24, 2.45) is 0 Å². The number of benzene rings is 1. The van der Waals surface area contributed by atoms with Gasteiger partial charge in [-0.25, -0.2) is 23.1 Å². The molecular formula is C17H17ClN6O2S. The van der Waals surface area contributed by atoms with Crippen LogP contribution in [0, 0.1) is 0 Å². The fourth-order valence-electron chi connectivity index (χ4n) is 2.99. The topological polar surface area (TPSA) is 84.2 Å². The van der Waals surface area contributed by atoms with E-state index in [9.17, 15) is 8.42 Å². The fraction of sp³-hybridized carbons (Fsp3) is 0.235. The van der Waals surface area contributed by atoms with Gasteiger partial charge in [-0.3, -0.25) is 0 Å². The second kappa shape index (κ2) is 7.26. The van der Waals surface area contributed by atoms with Crippen LogP contribution in [0.4, 0.5) is 5.82 Å². The Bertz CT molecular complexity index is 1030. The lowest BCUT2D eigenvalue weighted by molar-refractivity contribution is 0.383. The molecule has 0 aliphatic carbocycles. The summed E-state index contributed by atoms with van der Waals surface area (Å²) in [6.45, 7) is 1.77. The smallest absolute Gasteiger partial charge is 0.244 e. The molecule has 0 amide bonds. The number of aromatic nitrogens is 4. The maximum atomic E-state index is 12.8. The van der Waals surface area contributed by atoms with Gasteiger partial charge in [-0.2, -0.15) is 9.40 Å². The largest absolute Gasteiger partial charge is 0.354 e. The average Bonchev–Trinajstić information content (AvgIpc) is 3.23. The van der Waals surface area contributed by atoms with Crippen molar-refractivity contribution in [2.75, 3.05) is 31.1 Å². The zero-order valence-corrected chi connectivity index (χ0v) is 15.9. The first kappa shape index (κ1) is 17.9. The molecule has 3 aromatic rings. The van der Waals surface area contributed by atoms with Crippen molar-refractivity contribution in [3.8, 4) is 5.82 Å². The lowest BCUT2D eigenvalue weighted by atomic mass is 10.3. The van der Waals surface area contributed by atoms with Gasteiger partial charge in [0.05, 0.1) is 5.02 Å². The van der Waals surface area contributed by atoms with Crippen LogP contribution in [-0.4, -0.2) is 58.7 Å². The van der Waals surface area contributed by atoms with E-state index in [-0.39, 0.29) is 9.92 Å². The van der Waals surface area contributed by atoms with Crippen LogP contribution in [0.15, 0.2) is 60.0 Å². The molecule has 0 atom stereocenters. The van der Waals surface area contributed by atoms with E-state index >= 15 is 0 Å². The summed E-state index contributed by atoms with van der Waals surface area (Å²) < 4.78 is 28.8. The molecule has 1 aliphatic heterocycles. The van der Waals surface area contributed by atoms with Crippen molar-refractivity contribution < 1.29 is 8.42 Å². The normalized spacial score (nSPS) is 15.8. The predicted octanol–water partition coefficient (Wildman–Crippen LogP) is 1.83. The maximum absolute atomic E-state index is 12.8. The van der Waals surface area contributed by atoms with E-state index < -0.39 is 10.0 Å². The van der Waals surface area contributed by atoms with E-state index in [0.717, 1.165) is 5.82 Å². The number of rotatable bonds is 4. The first-order valence-corrected chi connectivity index (χ1v) is 10.2. The molecule has 3 heterocycles. The van der Waals surface area contributed by atoms with Crippen molar-refractivity contribution in [3.63, 3.8) is 0 Å². The molecule has 27 heavy (non-hydrogen) atoms. The summed E-state index contributed by atoms with van der Waals surface area (Å²) in [6.07, 6.45) is 4.97. The highest BCUT2D eigenvalue weighted by Crippen LogP contribution is 2.25. The van der Waals surface area contributed by atoms with Crippen LogP contribution in [0.25, 0.3) is 5.82 Å². The first-order chi connectivity index (χ1) is 13.1. The van der Waals surface area contributed by atoms with Gasteiger partial charge in [0.25, 0.3) is 0 Å². The Hall–Kier alpha value is -2.49. The van der Waals surface area contributed by atoms with E-state index in [4.69, 9.17) is 11.6 Å². The summed E-state index contributed by atoms with van der Waals surface area (Å²) in [5.74, 6) is 1.40. The molecule has 1 fully saturated rings. The highest BCUT2D eigenvalue weighted by Gasteiger charge is 2.30. The lowest BCUT2D eigenvalue weighted by Crippen LogP contribution is -2.49. The highest BCUT2D eigenvalue weighted by atomic mass is 35.5. The number of hydrogen-bond donors (Lipinski definition) is 0. The van der Waals surface area contributed by atoms with Crippen molar-refractivity contribution >= 4 is 27.4 Å². The minimum absolute atomic E-state index is 0.142. The van der Waals surface area contributed by atoms with Crippen LogP contribution in [0.5, 0.6) is 0 Å². The number of piperazine rings is 1. The molecule has 0 spiro atoms. The summed E-state index contributed by atoms with van der Waals surface area (Å²) >= 11 is 6.08. The SMILES string of the molecule is O=S(=O)(c1ccccc1Cl)N1CCN(c2cc(-n3cccn3)ncn2)CC1. The third kappa shape index (κ3) is 3.53. The Morgan fingerprint density at radius 3 is 2.41 bits per heavy atom. The molecule has 8 nitrogen and oxygen atoms in total. The molecule has 0 saturated carbocycles. The maximum Gasteiger partial charge on any atom is 0.244 e. The van der Waals surface area contributed by atoms with Crippen molar-refractivity contribution in [2.45, 2.75) is 4.90 Å². The van der Waals surface area contributed by atoms with Crippen LogP contribution in [-0.2, 0) is 10.0 Å². The van der Waals surface area contributed by atoms with Crippen LogP contribution in [0.3, 0.4) is 0 Å². The minimum Gasteiger partial charge on any atom is -0.354 e. The Balaban J connectivity index is 1.50. The summed E-state index contributed by atoms with van der Waals surface area (Å²) in [5, 5.41) is 4.40. The fourth-order valence-corrected chi connectivity index (χ4v) is 4.91. The van der Waals surface area contributed by atoms with E-state index in [1.54, 1.807) is 35.3 Å². The van der Waals surface area contributed by atoms with E-state index in [1.165, 1.54) is 16.7 Å². The first-order valence-electron chi connectivity index (χ1n) is 8.37. The Morgan fingerprint density at radius 1 is 0.963 bits per heavy atom. The molecule has 0 unspecified atom stereocenters. The van der Waals surface area contributed by atoms with Gasteiger partial charge < -0.3 is 4.90 Å². The molecule has 1 saturated heterocycles. The molecule has 0 N–H and O–H groups in total. The van der Waals surface area contributed by atoms with Crippen molar-refractivity contribution in [3.05, 3.63) is 60.1 Å². The molecule has 0 bridgehead atoms. The molecule has 4 rings (SSSR count). The van der Waals surface area contributed by atoms with Gasteiger partial charge in [0.2, 0.25) is 10.0 Å². The monoisotopic (exact) mass is 404 g/mol. The Kier molecular flexibility index (Phi) is 4.81. The number of nitrogens with zero attached hydrogens (tertiary/aromatic N) is 6. The van der Waals surface area contributed by atoms with E-state index in [1.807, 2.05) is 17.0 Å².